The molecule has 0 aliphatic heterocycles. The van der Waals surface area contributed by atoms with Crippen LogP contribution in [0.25, 0.3) is 11.2 Å². The normalized spacial score (nSPS) is 13.3. The molecule has 0 saturated heterocycles. The predicted molar refractivity (Wildman–Crippen MR) is 88.8 cm³/mol. The second-order valence-corrected chi connectivity index (χ2v) is 7.66. The van der Waals surface area contributed by atoms with E-state index in [2.05, 4.69) is 25.8 Å². The van der Waals surface area contributed by atoms with E-state index < -0.39 is 26.0 Å². The van der Waals surface area contributed by atoms with Gasteiger partial charge in [-0.15, -0.1) is 5.10 Å². The fraction of sp³-hybridized carbons (Fsp3) is 0.615. The first-order valence-electron chi connectivity index (χ1n) is 7.80. The minimum atomic E-state index is -4.26. The second kappa shape index (κ2) is 8.60. The number of aromatic nitrogens is 5. The van der Waals surface area contributed by atoms with Gasteiger partial charge in [0.15, 0.2) is 16.9 Å². The van der Waals surface area contributed by atoms with Gasteiger partial charge in [0.2, 0.25) is 0 Å². The van der Waals surface area contributed by atoms with E-state index in [0.29, 0.717) is 12.3 Å². The molecule has 144 valence electrons. The summed E-state index contributed by atoms with van der Waals surface area (Å²) < 4.78 is 17.3. The quantitative estimate of drug-likeness (QED) is 0.396. The topological polar surface area (TPSA) is 162 Å². The number of amides is 1. The molecule has 2 rings (SSSR count). The largest absolute Gasteiger partial charge is 0.364 e. The number of fused-ring (bicyclic) bond motifs is 1. The van der Waals surface area contributed by atoms with Crippen LogP contribution in [-0.2, 0) is 20.7 Å². The molecule has 0 aliphatic rings. The lowest BCUT2D eigenvalue weighted by molar-refractivity contribution is 0.0206. The number of ether oxygens (including phenoxy) is 1. The fourth-order valence-corrected chi connectivity index (χ4v) is 2.37. The van der Waals surface area contributed by atoms with Crippen LogP contribution in [0.2, 0.25) is 0 Å². The van der Waals surface area contributed by atoms with E-state index in [-0.39, 0.29) is 23.7 Å². The molecular formula is C13H21N6O6P. The lowest BCUT2D eigenvalue weighted by atomic mass is 10.2. The van der Waals surface area contributed by atoms with Crippen LogP contribution in [0.5, 0.6) is 0 Å². The highest BCUT2D eigenvalue weighted by molar-refractivity contribution is 7.51. The van der Waals surface area contributed by atoms with Crippen molar-refractivity contribution in [1.82, 2.24) is 30.4 Å². The molecule has 0 radical (unpaired) electrons. The van der Waals surface area contributed by atoms with E-state index in [1.54, 1.807) is 6.92 Å². The molecular weight excluding hydrogens is 367 g/mol. The SMILES string of the molecule is CC(C)CONC(=O)c1ncnc2c1nnn2C[C@@H](C)OCP(=O)(O)O. The van der Waals surface area contributed by atoms with Gasteiger partial charge in [-0.2, -0.15) is 0 Å². The summed E-state index contributed by atoms with van der Waals surface area (Å²) in [7, 11) is -4.26. The van der Waals surface area contributed by atoms with Gasteiger partial charge in [-0.1, -0.05) is 19.1 Å². The molecule has 12 nitrogen and oxygen atoms in total. The Labute approximate surface area is 149 Å². The Balaban J connectivity index is 2.10. The lowest BCUT2D eigenvalue weighted by Crippen LogP contribution is -2.26. The van der Waals surface area contributed by atoms with Gasteiger partial charge in [0, 0.05) is 0 Å². The van der Waals surface area contributed by atoms with Gasteiger partial charge < -0.3 is 14.5 Å². The first-order valence-corrected chi connectivity index (χ1v) is 9.59. The van der Waals surface area contributed by atoms with E-state index in [1.165, 1.54) is 11.0 Å². The Morgan fingerprint density at radius 3 is 2.73 bits per heavy atom. The number of nitrogens with zero attached hydrogens (tertiary/aromatic N) is 5. The van der Waals surface area contributed by atoms with E-state index >= 15 is 0 Å². The van der Waals surface area contributed by atoms with Crippen molar-refractivity contribution >= 4 is 24.7 Å². The summed E-state index contributed by atoms with van der Waals surface area (Å²) in [6, 6.07) is 0. The first kappa shape index (κ1) is 20.3. The smallest absolute Gasteiger partial charge is 0.350 e. The summed E-state index contributed by atoms with van der Waals surface area (Å²) >= 11 is 0. The molecule has 0 saturated carbocycles. The monoisotopic (exact) mass is 388 g/mol. The highest BCUT2D eigenvalue weighted by Gasteiger charge is 2.20. The first-order chi connectivity index (χ1) is 12.2. The molecule has 1 amide bonds. The van der Waals surface area contributed by atoms with Crippen molar-refractivity contribution in [3.63, 3.8) is 0 Å². The zero-order valence-electron chi connectivity index (χ0n) is 14.6. The van der Waals surface area contributed by atoms with Gasteiger partial charge in [0.25, 0.3) is 5.91 Å². The molecule has 26 heavy (non-hydrogen) atoms. The number of hydroxylamine groups is 1. The Morgan fingerprint density at radius 2 is 2.08 bits per heavy atom. The fourth-order valence-electron chi connectivity index (χ4n) is 1.92. The summed E-state index contributed by atoms with van der Waals surface area (Å²) in [4.78, 5) is 42.9. The van der Waals surface area contributed by atoms with Crippen LogP contribution >= 0.6 is 7.60 Å². The van der Waals surface area contributed by atoms with E-state index in [1.807, 2.05) is 13.8 Å². The standard InChI is InChI=1S/C13H21N6O6P/c1-8(2)5-25-17-13(20)11-10-12(15-6-14-11)19(18-16-10)4-9(3)24-7-26(21,22)23/h6,8-9H,4-5,7H2,1-3H3,(H,17,20)(H2,21,22,23)/t9-/m1/s1. The van der Waals surface area contributed by atoms with Crippen molar-refractivity contribution in [2.75, 3.05) is 13.0 Å². The number of carbonyl (C=O) groups excluding carboxylic acids is 1. The van der Waals surface area contributed by atoms with Crippen molar-refractivity contribution in [3.8, 4) is 0 Å². The zero-order chi connectivity index (χ0) is 19.3. The highest BCUT2D eigenvalue weighted by atomic mass is 31.2. The maximum absolute atomic E-state index is 12.2. The van der Waals surface area contributed by atoms with Crippen molar-refractivity contribution in [2.24, 2.45) is 5.92 Å². The van der Waals surface area contributed by atoms with E-state index in [4.69, 9.17) is 19.4 Å². The molecule has 0 bridgehead atoms. The molecule has 0 fully saturated rings. The number of hydrogen-bond acceptors (Lipinski definition) is 8. The summed E-state index contributed by atoms with van der Waals surface area (Å²) in [5, 5.41) is 7.81. The van der Waals surface area contributed by atoms with Crippen LogP contribution in [0, 0.1) is 5.92 Å². The molecule has 1 atom stereocenters. The van der Waals surface area contributed by atoms with E-state index in [9.17, 15) is 9.36 Å². The molecule has 13 heteroatoms. The molecule has 2 aromatic rings. The Bertz CT molecular complexity index is 806. The molecule has 0 aromatic carbocycles. The summed E-state index contributed by atoms with van der Waals surface area (Å²) in [6.45, 7) is 5.99. The Hall–Kier alpha value is -1.98. The van der Waals surface area contributed by atoms with Crippen molar-refractivity contribution < 1.29 is 28.7 Å². The van der Waals surface area contributed by atoms with Gasteiger partial charge in [0.05, 0.1) is 19.3 Å². The number of rotatable bonds is 9. The third kappa shape index (κ3) is 5.78. The molecule has 2 aromatic heterocycles. The molecule has 0 spiro atoms. The summed E-state index contributed by atoms with van der Waals surface area (Å²) in [5.41, 5.74) is 2.77. The molecule has 0 aliphatic carbocycles. The lowest BCUT2D eigenvalue weighted by Gasteiger charge is -2.13. The van der Waals surface area contributed by atoms with Gasteiger partial charge in [-0.25, -0.2) is 20.1 Å². The minimum absolute atomic E-state index is 0.00814. The maximum Gasteiger partial charge on any atom is 0.350 e. The van der Waals surface area contributed by atoms with Gasteiger partial charge in [-0.3, -0.25) is 14.2 Å². The zero-order valence-corrected chi connectivity index (χ0v) is 15.5. The number of carbonyl (C=O) groups is 1. The summed E-state index contributed by atoms with van der Waals surface area (Å²) in [5.74, 6) is -0.327. The molecule has 3 N–H and O–H groups in total. The average molecular weight is 388 g/mol. The van der Waals surface area contributed by atoms with Gasteiger partial charge in [0.1, 0.15) is 12.7 Å². The van der Waals surface area contributed by atoms with Crippen LogP contribution in [0.4, 0.5) is 0 Å². The van der Waals surface area contributed by atoms with Crippen LogP contribution in [0.1, 0.15) is 31.3 Å². The summed E-state index contributed by atoms with van der Waals surface area (Å²) in [6.07, 6.45) is -0.0636. The number of hydrogen-bond donors (Lipinski definition) is 3. The molecule has 2 heterocycles. The van der Waals surface area contributed by atoms with Crippen LogP contribution in [0.15, 0.2) is 6.33 Å². The minimum Gasteiger partial charge on any atom is -0.364 e. The van der Waals surface area contributed by atoms with Crippen molar-refractivity contribution in [1.29, 1.82) is 0 Å². The van der Waals surface area contributed by atoms with Crippen molar-refractivity contribution in [2.45, 2.75) is 33.4 Å². The number of nitrogens with one attached hydrogen (secondary N) is 1. The third-order valence-electron chi connectivity index (χ3n) is 3.05. The van der Waals surface area contributed by atoms with Gasteiger partial charge >= 0.3 is 7.60 Å². The van der Waals surface area contributed by atoms with Crippen molar-refractivity contribution in [3.05, 3.63) is 12.0 Å². The third-order valence-corrected chi connectivity index (χ3v) is 3.54. The van der Waals surface area contributed by atoms with Gasteiger partial charge in [-0.05, 0) is 12.8 Å². The average Bonchev–Trinajstić information content (AvgIpc) is 2.95. The van der Waals surface area contributed by atoms with Crippen LogP contribution < -0.4 is 5.48 Å². The predicted octanol–water partition coefficient (Wildman–Crippen LogP) is 0.0790. The van der Waals surface area contributed by atoms with E-state index in [0.717, 1.165) is 0 Å². The van der Waals surface area contributed by atoms with Crippen LogP contribution in [-0.4, -0.2) is 59.7 Å². The van der Waals surface area contributed by atoms with Crippen LogP contribution in [0.3, 0.4) is 0 Å². The Kier molecular flexibility index (Phi) is 6.73. The highest BCUT2D eigenvalue weighted by Crippen LogP contribution is 2.34. The molecule has 0 unspecified atom stereocenters. The Morgan fingerprint density at radius 1 is 1.35 bits per heavy atom. The maximum atomic E-state index is 12.2. The second-order valence-electron chi connectivity index (χ2n) is 6.07.